The van der Waals surface area contributed by atoms with Gasteiger partial charge in [0, 0.05) is 11.3 Å². The van der Waals surface area contributed by atoms with E-state index in [4.69, 9.17) is 0 Å². The van der Waals surface area contributed by atoms with Gasteiger partial charge in [-0.15, -0.1) is 0 Å². The minimum atomic E-state index is 0.0368. The van der Waals surface area contributed by atoms with E-state index in [1.54, 1.807) is 6.08 Å². The fourth-order valence-electron chi connectivity index (χ4n) is 7.84. The highest BCUT2D eigenvalue weighted by Crippen LogP contribution is 2.67. The molecule has 0 aliphatic heterocycles. The molecule has 0 N–H and O–H groups in total. The highest BCUT2D eigenvalue weighted by atomic mass is 16.1. The van der Waals surface area contributed by atoms with Crippen LogP contribution in [0.3, 0.4) is 0 Å². The Labute approximate surface area is 152 Å². The average molecular weight is 341 g/mol. The van der Waals surface area contributed by atoms with Crippen molar-refractivity contribution in [2.45, 2.75) is 60.3 Å². The molecule has 0 unspecified atom stereocenters. The van der Waals surface area contributed by atoms with E-state index in [-0.39, 0.29) is 22.5 Å². The summed E-state index contributed by atoms with van der Waals surface area (Å²) in [6.45, 7) is 11.2. The summed E-state index contributed by atoms with van der Waals surface area (Å²) in [6, 6.07) is 0. The van der Waals surface area contributed by atoms with Gasteiger partial charge in [0.2, 0.25) is 0 Å². The molecule has 0 heterocycles. The van der Waals surface area contributed by atoms with Crippen molar-refractivity contribution in [1.29, 1.82) is 0 Å². The molecule has 3 fully saturated rings. The van der Waals surface area contributed by atoms with E-state index >= 15 is 0 Å². The van der Waals surface area contributed by atoms with Crippen LogP contribution in [0, 0.1) is 46.3 Å². The van der Waals surface area contributed by atoms with Gasteiger partial charge in [-0.1, -0.05) is 39.3 Å². The molecule has 0 saturated heterocycles. The zero-order chi connectivity index (χ0) is 18.1. The van der Waals surface area contributed by atoms with Crippen LogP contribution in [0.15, 0.2) is 23.8 Å². The molecule has 2 heteroatoms. The minimum Gasteiger partial charge on any atom is -0.300 e. The van der Waals surface area contributed by atoms with E-state index in [2.05, 4.69) is 33.8 Å². The Morgan fingerprint density at radius 2 is 1.88 bits per heavy atom. The first kappa shape index (κ1) is 17.2. The summed E-state index contributed by atoms with van der Waals surface area (Å²) in [5.41, 5.74) is 1.58. The number of hydrogen-bond donors (Lipinski definition) is 0. The second kappa shape index (κ2) is 5.41. The summed E-state index contributed by atoms with van der Waals surface area (Å²) >= 11 is 0. The van der Waals surface area contributed by atoms with Gasteiger partial charge in [0.1, 0.15) is 5.78 Å². The molecule has 0 amide bonds. The normalized spacial score (nSPS) is 51.4. The number of allylic oxidation sites excluding steroid dienone is 4. The molecule has 4 aliphatic carbocycles. The van der Waals surface area contributed by atoms with E-state index in [0.29, 0.717) is 35.4 Å². The quantitative estimate of drug-likeness (QED) is 0.674. The van der Waals surface area contributed by atoms with Crippen LogP contribution in [0.1, 0.15) is 60.3 Å². The molecule has 136 valence electrons. The van der Waals surface area contributed by atoms with Gasteiger partial charge >= 0.3 is 0 Å². The standard InChI is InChI=1S/C23H32O2/c1-13-10-17-18(22(4)8-6-16(25)12-19(13)22)7-9-23(5)20(17)11-14(2)21(23)15(3)24/h6,8,12-14,17-18,20-21H,7,9-11H2,1-5H3/t13-,14+,17+,18-,20-,21+,22+,23-/m0/s1. The van der Waals surface area contributed by atoms with Crippen LogP contribution >= 0.6 is 0 Å². The summed E-state index contributed by atoms with van der Waals surface area (Å²) in [4.78, 5) is 24.4. The van der Waals surface area contributed by atoms with Crippen LogP contribution in [-0.4, -0.2) is 11.6 Å². The van der Waals surface area contributed by atoms with Crippen molar-refractivity contribution in [3.8, 4) is 0 Å². The maximum atomic E-state index is 12.4. The van der Waals surface area contributed by atoms with E-state index in [1.807, 2.05) is 13.0 Å². The SMILES string of the molecule is CC(=O)[C@H]1[C@H](C)C[C@H]2[C@@H]3C[C@H](C)C4=CC(=O)C=C[C@]4(C)[C@H]3CC[C@@]21C. The molecule has 0 spiro atoms. The summed E-state index contributed by atoms with van der Waals surface area (Å²) in [5.74, 6) is 3.73. The van der Waals surface area contributed by atoms with Gasteiger partial charge in [-0.3, -0.25) is 9.59 Å². The number of hydrogen-bond acceptors (Lipinski definition) is 2. The molecular formula is C23H32O2. The first-order valence-corrected chi connectivity index (χ1v) is 10.1. The Bertz CT molecular complexity index is 686. The van der Waals surface area contributed by atoms with Gasteiger partial charge in [-0.25, -0.2) is 0 Å². The van der Waals surface area contributed by atoms with Crippen molar-refractivity contribution in [2.24, 2.45) is 46.3 Å². The molecule has 3 saturated carbocycles. The fourth-order valence-corrected chi connectivity index (χ4v) is 7.84. The molecule has 0 aromatic carbocycles. The van der Waals surface area contributed by atoms with E-state index in [0.717, 1.165) is 6.42 Å². The Kier molecular flexibility index (Phi) is 3.73. The Morgan fingerprint density at radius 1 is 1.16 bits per heavy atom. The van der Waals surface area contributed by atoms with E-state index < -0.39 is 0 Å². The molecule has 0 aromatic heterocycles. The molecule has 2 nitrogen and oxygen atoms in total. The van der Waals surface area contributed by atoms with Crippen molar-refractivity contribution in [3.05, 3.63) is 23.8 Å². The second-order valence-electron chi connectivity index (χ2n) is 9.98. The number of rotatable bonds is 1. The van der Waals surface area contributed by atoms with Crippen LogP contribution in [0.4, 0.5) is 0 Å². The number of Topliss-reactive ketones (excluding diaryl/α,β-unsaturated/α-hetero) is 1. The topological polar surface area (TPSA) is 34.1 Å². The Balaban J connectivity index is 1.74. The summed E-state index contributed by atoms with van der Waals surface area (Å²) in [5, 5.41) is 0. The maximum Gasteiger partial charge on any atom is 0.178 e. The van der Waals surface area contributed by atoms with Gasteiger partial charge in [0.05, 0.1) is 0 Å². The number of carbonyl (C=O) groups excluding carboxylic acids is 2. The monoisotopic (exact) mass is 340 g/mol. The summed E-state index contributed by atoms with van der Waals surface area (Å²) in [6.07, 6.45) is 10.7. The van der Waals surface area contributed by atoms with E-state index in [9.17, 15) is 9.59 Å². The van der Waals surface area contributed by atoms with Crippen molar-refractivity contribution >= 4 is 11.6 Å². The molecule has 0 bridgehead atoms. The fraction of sp³-hybridized carbons (Fsp3) is 0.739. The van der Waals surface area contributed by atoms with Gasteiger partial charge in [-0.05, 0) is 79.8 Å². The van der Waals surface area contributed by atoms with Crippen LogP contribution in [0.25, 0.3) is 0 Å². The second-order valence-corrected chi connectivity index (χ2v) is 9.98. The zero-order valence-electron chi connectivity index (χ0n) is 16.3. The molecule has 4 aliphatic rings. The number of fused-ring (bicyclic) bond motifs is 5. The average Bonchev–Trinajstić information content (AvgIpc) is 2.80. The molecule has 0 aromatic rings. The third kappa shape index (κ3) is 2.22. The molecule has 0 radical (unpaired) electrons. The molecule has 25 heavy (non-hydrogen) atoms. The lowest BCUT2D eigenvalue weighted by Crippen LogP contribution is -2.51. The van der Waals surface area contributed by atoms with Crippen LogP contribution in [0.5, 0.6) is 0 Å². The van der Waals surface area contributed by atoms with Gasteiger partial charge in [0.15, 0.2) is 5.78 Å². The predicted molar refractivity (Wildman–Crippen MR) is 99.9 cm³/mol. The van der Waals surface area contributed by atoms with Crippen LogP contribution in [0.2, 0.25) is 0 Å². The first-order valence-electron chi connectivity index (χ1n) is 10.1. The summed E-state index contributed by atoms with van der Waals surface area (Å²) < 4.78 is 0. The Hall–Kier alpha value is -1.18. The number of carbonyl (C=O) groups is 2. The van der Waals surface area contributed by atoms with Crippen molar-refractivity contribution in [3.63, 3.8) is 0 Å². The molecule has 4 rings (SSSR count). The summed E-state index contributed by atoms with van der Waals surface area (Å²) in [7, 11) is 0. The highest BCUT2D eigenvalue weighted by molar-refractivity contribution is 6.01. The van der Waals surface area contributed by atoms with Crippen molar-refractivity contribution in [1.82, 2.24) is 0 Å². The Morgan fingerprint density at radius 3 is 2.56 bits per heavy atom. The largest absolute Gasteiger partial charge is 0.300 e. The number of ketones is 2. The van der Waals surface area contributed by atoms with Gasteiger partial charge < -0.3 is 0 Å². The predicted octanol–water partition coefficient (Wildman–Crippen LogP) is 4.99. The van der Waals surface area contributed by atoms with Gasteiger partial charge in [0.25, 0.3) is 0 Å². The molecular weight excluding hydrogens is 308 g/mol. The van der Waals surface area contributed by atoms with Crippen molar-refractivity contribution < 1.29 is 9.59 Å². The van der Waals surface area contributed by atoms with Crippen LogP contribution in [-0.2, 0) is 9.59 Å². The maximum absolute atomic E-state index is 12.4. The lowest BCUT2D eigenvalue weighted by molar-refractivity contribution is -0.128. The van der Waals surface area contributed by atoms with Crippen molar-refractivity contribution in [2.75, 3.05) is 0 Å². The zero-order valence-corrected chi connectivity index (χ0v) is 16.3. The highest BCUT2D eigenvalue weighted by Gasteiger charge is 2.61. The van der Waals surface area contributed by atoms with Gasteiger partial charge in [-0.2, -0.15) is 0 Å². The van der Waals surface area contributed by atoms with Crippen LogP contribution < -0.4 is 0 Å². The molecule has 8 atom stereocenters. The first-order chi connectivity index (χ1) is 11.7. The minimum absolute atomic E-state index is 0.0368. The lowest BCUT2D eigenvalue weighted by atomic mass is 9.46. The van der Waals surface area contributed by atoms with E-state index in [1.165, 1.54) is 24.8 Å². The smallest absolute Gasteiger partial charge is 0.178 e. The third-order valence-electron chi connectivity index (χ3n) is 8.66. The third-order valence-corrected chi connectivity index (χ3v) is 8.66. The lowest BCUT2D eigenvalue weighted by Gasteiger charge is -2.58.